The van der Waals surface area contributed by atoms with Gasteiger partial charge < -0.3 is 20.5 Å². The van der Waals surface area contributed by atoms with E-state index in [4.69, 9.17) is 15.2 Å². The molecule has 0 aliphatic carbocycles. The molecule has 1 saturated heterocycles. The number of nitrogens with zero attached hydrogens (tertiary/aromatic N) is 4. The normalized spacial score (nSPS) is 15.5. The van der Waals surface area contributed by atoms with E-state index in [1.54, 1.807) is 20.0 Å². The molecular weight excluding hydrogens is 458 g/mol. The van der Waals surface area contributed by atoms with Gasteiger partial charge in [0, 0.05) is 18.9 Å². The number of carbonyl (C=O) groups excluding carboxylic acids is 3. The molecule has 0 unspecified atom stereocenters. The standard InChI is InChI=1S/C22H31N7O6/c1-3-34-16(30)6-5-15(21(33)35-4-2)26-19(31)13-7-9-29(10-8-13)12-14-11-24-18-17(25-14)20(32)28-22(23)27-18/h11,13,15H,3-10,12H2,1-2H3,(H,26,31)(H3,23,24,27,28,32)/t15-/m0/s1. The molecule has 1 fully saturated rings. The number of esters is 2. The van der Waals surface area contributed by atoms with Crippen molar-refractivity contribution in [3.8, 4) is 0 Å². The van der Waals surface area contributed by atoms with Crippen molar-refractivity contribution in [2.75, 3.05) is 32.0 Å². The Balaban J connectivity index is 1.54. The molecule has 1 aliphatic rings. The fraction of sp³-hybridized carbons (Fsp3) is 0.591. The molecule has 190 valence electrons. The third kappa shape index (κ3) is 7.18. The third-order valence-electron chi connectivity index (χ3n) is 5.66. The van der Waals surface area contributed by atoms with E-state index in [2.05, 4.69) is 30.2 Å². The lowest BCUT2D eigenvalue weighted by Gasteiger charge is -2.31. The Bertz CT molecular complexity index is 1110. The second-order valence-electron chi connectivity index (χ2n) is 8.19. The lowest BCUT2D eigenvalue weighted by atomic mass is 9.95. The highest BCUT2D eigenvalue weighted by Crippen LogP contribution is 2.20. The van der Waals surface area contributed by atoms with Gasteiger partial charge in [-0.2, -0.15) is 4.98 Å². The van der Waals surface area contributed by atoms with Crippen molar-refractivity contribution in [2.24, 2.45) is 5.92 Å². The second-order valence-corrected chi connectivity index (χ2v) is 8.19. The molecule has 13 heteroatoms. The van der Waals surface area contributed by atoms with Crippen LogP contribution >= 0.6 is 0 Å². The van der Waals surface area contributed by atoms with Crippen molar-refractivity contribution >= 4 is 35.0 Å². The zero-order chi connectivity index (χ0) is 25.4. The monoisotopic (exact) mass is 489 g/mol. The van der Waals surface area contributed by atoms with Crippen molar-refractivity contribution in [1.82, 2.24) is 30.2 Å². The number of aromatic amines is 1. The van der Waals surface area contributed by atoms with Crippen LogP contribution in [0.2, 0.25) is 0 Å². The predicted octanol–water partition coefficient (Wildman–Crippen LogP) is -0.101. The Hall–Kier alpha value is -3.61. The van der Waals surface area contributed by atoms with Gasteiger partial charge in [-0.1, -0.05) is 0 Å². The zero-order valence-corrected chi connectivity index (χ0v) is 19.9. The molecule has 1 aliphatic heterocycles. The van der Waals surface area contributed by atoms with Crippen LogP contribution < -0.4 is 16.6 Å². The number of hydrogen-bond donors (Lipinski definition) is 3. The first kappa shape index (κ1) is 26.0. The highest BCUT2D eigenvalue weighted by atomic mass is 16.5. The molecule has 2 aromatic heterocycles. The van der Waals surface area contributed by atoms with Crippen LogP contribution in [-0.2, 0) is 30.4 Å². The highest BCUT2D eigenvalue weighted by molar-refractivity contribution is 5.86. The number of likely N-dealkylation sites (tertiary alicyclic amines) is 1. The Morgan fingerprint density at radius 1 is 1.20 bits per heavy atom. The SMILES string of the molecule is CCOC(=O)CC[C@H](NC(=O)C1CCN(Cc2cnc3nc(N)[nH]c(=O)c3n2)CC1)C(=O)OCC. The molecule has 3 rings (SSSR count). The van der Waals surface area contributed by atoms with Gasteiger partial charge in [0.1, 0.15) is 6.04 Å². The summed E-state index contributed by atoms with van der Waals surface area (Å²) < 4.78 is 9.95. The van der Waals surface area contributed by atoms with Gasteiger partial charge in [-0.05, 0) is 46.2 Å². The van der Waals surface area contributed by atoms with Crippen LogP contribution in [0.15, 0.2) is 11.0 Å². The van der Waals surface area contributed by atoms with Gasteiger partial charge >= 0.3 is 11.9 Å². The van der Waals surface area contributed by atoms with Crippen molar-refractivity contribution < 1.29 is 23.9 Å². The number of nitrogen functional groups attached to an aromatic ring is 1. The van der Waals surface area contributed by atoms with E-state index in [0.717, 1.165) is 0 Å². The maximum absolute atomic E-state index is 12.8. The largest absolute Gasteiger partial charge is 0.466 e. The van der Waals surface area contributed by atoms with E-state index < -0.39 is 23.5 Å². The molecule has 2 aromatic rings. The van der Waals surface area contributed by atoms with Crippen LogP contribution in [-0.4, -0.2) is 75.0 Å². The minimum Gasteiger partial charge on any atom is -0.466 e. The maximum Gasteiger partial charge on any atom is 0.328 e. The number of nitrogens with one attached hydrogen (secondary N) is 2. The first-order valence-corrected chi connectivity index (χ1v) is 11.7. The second kappa shape index (κ2) is 12.2. The summed E-state index contributed by atoms with van der Waals surface area (Å²) in [6.07, 6.45) is 2.84. The number of carbonyl (C=O) groups is 3. The molecule has 35 heavy (non-hydrogen) atoms. The summed E-state index contributed by atoms with van der Waals surface area (Å²) in [5.74, 6) is -1.53. The molecule has 1 atom stereocenters. The van der Waals surface area contributed by atoms with Crippen LogP contribution in [0, 0.1) is 5.92 Å². The minimum atomic E-state index is -0.904. The van der Waals surface area contributed by atoms with Crippen LogP contribution in [0.25, 0.3) is 11.2 Å². The van der Waals surface area contributed by atoms with Crippen molar-refractivity contribution in [2.45, 2.75) is 52.1 Å². The quantitative estimate of drug-likeness (QED) is 0.379. The van der Waals surface area contributed by atoms with Crippen LogP contribution in [0.3, 0.4) is 0 Å². The van der Waals surface area contributed by atoms with Crippen LogP contribution in [0.5, 0.6) is 0 Å². The predicted molar refractivity (Wildman–Crippen MR) is 125 cm³/mol. The maximum atomic E-state index is 12.8. The summed E-state index contributed by atoms with van der Waals surface area (Å²) in [4.78, 5) is 65.9. The molecule has 0 saturated carbocycles. The number of H-pyrrole nitrogens is 1. The van der Waals surface area contributed by atoms with E-state index in [9.17, 15) is 19.2 Å². The summed E-state index contributed by atoms with van der Waals surface area (Å²) in [5, 5.41) is 2.75. The average Bonchev–Trinajstić information content (AvgIpc) is 2.82. The molecule has 0 radical (unpaired) electrons. The molecule has 1 amide bonds. The number of nitrogens with two attached hydrogens (primary N) is 1. The van der Waals surface area contributed by atoms with E-state index in [0.29, 0.717) is 38.2 Å². The highest BCUT2D eigenvalue weighted by Gasteiger charge is 2.30. The van der Waals surface area contributed by atoms with Crippen molar-refractivity contribution in [1.29, 1.82) is 0 Å². The molecule has 0 spiro atoms. The third-order valence-corrected chi connectivity index (χ3v) is 5.66. The molecular formula is C22H31N7O6. The van der Waals surface area contributed by atoms with Crippen LogP contribution in [0.1, 0.15) is 45.2 Å². The van der Waals surface area contributed by atoms with Crippen molar-refractivity contribution in [3.63, 3.8) is 0 Å². The summed E-state index contributed by atoms with van der Waals surface area (Å²) in [6.45, 7) is 5.53. The lowest BCUT2D eigenvalue weighted by Crippen LogP contribution is -2.47. The molecule has 0 aromatic carbocycles. The van der Waals surface area contributed by atoms with Gasteiger partial charge in [-0.25, -0.2) is 14.8 Å². The first-order valence-electron chi connectivity index (χ1n) is 11.7. The number of aromatic nitrogens is 4. The molecule has 3 heterocycles. The number of piperidine rings is 1. The van der Waals surface area contributed by atoms with Gasteiger partial charge in [-0.15, -0.1) is 0 Å². The molecule has 4 N–H and O–H groups in total. The average molecular weight is 490 g/mol. The van der Waals surface area contributed by atoms with Crippen LogP contribution in [0.4, 0.5) is 5.95 Å². The summed E-state index contributed by atoms with van der Waals surface area (Å²) in [5.41, 5.74) is 6.00. The van der Waals surface area contributed by atoms with Gasteiger partial charge in [0.05, 0.1) is 25.1 Å². The number of anilines is 1. The summed E-state index contributed by atoms with van der Waals surface area (Å²) >= 11 is 0. The van der Waals surface area contributed by atoms with E-state index in [1.165, 1.54) is 0 Å². The number of fused-ring (bicyclic) bond motifs is 1. The fourth-order valence-corrected chi connectivity index (χ4v) is 3.91. The van der Waals surface area contributed by atoms with E-state index >= 15 is 0 Å². The Kier molecular flexibility index (Phi) is 9.06. The van der Waals surface area contributed by atoms with Crippen molar-refractivity contribution in [3.05, 3.63) is 22.2 Å². The first-order chi connectivity index (χ1) is 16.8. The lowest BCUT2D eigenvalue weighted by molar-refractivity contribution is -0.149. The number of ether oxygens (including phenoxy) is 2. The number of amides is 1. The number of hydrogen-bond acceptors (Lipinski definition) is 11. The minimum absolute atomic E-state index is 0.00772. The Morgan fingerprint density at radius 2 is 1.91 bits per heavy atom. The Labute approximate surface area is 201 Å². The van der Waals surface area contributed by atoms with Gasteiger partial charge in [-0.3, -0.25) is 24.3 Å². The van der Waals surface area contributed by atoms with Gasteiger partial charge in [0.2, 0.25) is 11.9 Å². The summed E-state index contributed by atoms with van der Waals surface area (Å²) in [7, 11) is 0. The fourth-order valence-electron chi connectivity index (χ4n) is 3.91. The van der Waals surface area contributed by atoms with Gasteiger partial charge in [0.25, 0.3) is 5.56 Å². The smallest absolute Gasteiger partial charge is 0.328 e. The van der Waals surface area contributed by atoms with Gasteiger partial charge in [0.15, 0.2) is 11.2 Å². The molecule has 0 bridgehead atoms. The van der Waals surface area contributed by atoms with E-state index in [1.807, 2.05) is 0 Å². The Morgan fingerprint density at radius 3 is 2.60 bits per heavy atom. The topological polar surface area (TPSA) is 182 Å². The zero-order valence-electron chi connectivity index (χ0n) is 19.9. The summed E-state index contributed by atoms with van der Waals surface area (Å²) in [6, 6.07) is -0.904. The van der Waals surface area contributed by atoms with E-state index in [-0.39, 0.29) is 55.0 Å². The number of rotatable bonds is 10. The molecule has 13 nitrogen and oxygen atoms in total.